The van der Waals surface area contributed by atoms with Gasteiger partial charge in [0.25, 0.3) is 0 Å². The van der Waals surface area contributed by atoms with Gasteiger partial charge < -0.3 is 29.5 Å². The maximum absolute atomic E-state index is 12.7. The molecular weight excluding hydrogens is 387 g/mol. The highest BCUT2D eigenvalue weighted by atomic mass is 19.4. The number of pyridine rings is 1. The fourth-order valence-electron chi connectivity index (χ4n) is 2.62. The van der Waals surface area contributed by atoms with Gasteiger partial charge in [-0.15, -0.1) is 0 Å². The standard InChI is InChI=1S/C17H16F3NO7/c18-17(19,20)9-2-4-11-8(7-9)1-3-10(21-11)5-6-26-16-15(25)28-14(24)12(27-16)13(22)23/h1-4,7,12,14-16,24-25H,5-6H2,(H,22,23). The second kappa shape index (κ2) is 7.97. The van der Waals surface area contributed by atoms with Crippen LogP contribution in [0, 0.1) is 0 Å². The molecule has 11 heteroatoms. The molecule has 0 radical (unpaired) electrons. The lowest BCUT2D eigenvalue weighted by Crippen LogP contribution is -2.53. The van der Waals surface area contributed by atoms with Gasteiger partial charge in [-0.25, -0.2) is 4.79 Å². The fraction of sp³-hybridized carbons (Fsp3) is 0.412. The zero-order chi connectivity index (χ0) is 20.5. The number of ether oxygens (including phenoxy) is 3. The lowest BCUT2D eigenvalue weighted by molar-refractivity contribution is -0.379. The highest BCUT2D eigenvalue weighted by Gasteiger charge is 2.41. The van der Waals surface area contributed by atoms with Crippen LogP contribution < -0.4 is 0 Å². The molecule has 4 unspecified atom stereocenters. The number of carbonyl (C=O) groups is 1. The fourth-order valence-corrected chi connectivity index (χ4v) is 2.62. The molecule has 28 heavy (non-hydrogen) atoms. The lowest BCUT2D eigenvalue weighted by atomic mass is 10.1. The summed E-state index contributed by atoms with van der Waals surface area (Å²) in [5.74, 6) is -1.48. The Labute approximate surface area is 156 Å². The van der Waals surface area contributed by atoms with E-state index in [0.29, 0.717) is 16.6 Å². The zero-order valence-corrected chi connectivity index (χ0v) is 14.2. The van der Waals surface area contributed by atoms with Crippen molar-refractivity contribution in [3.05, 3.63) is 41.6 Å². The predicted octanol–water partition coefficient (Wildman–Crippen LogP) is 1.28. The van der Waals surface area contributed by atoms with Gasteiger partial charge >= 0.3 is 12.1 Å². The average Bonchev–Trinajstić information content (AvgIpc) is 2.62. The van der Waals surface area contributed by atoms with Crippen LogP contribution in [0.4, 0.5) is 13.2 Å². The van der Waals surface area contributed by atoms with Crippen LogP contribution in [0.3, 0.4) is 0 Å². The summed E-state index contributed by atoms with van der Waals surface area (Å²) in [6.45, 7) is -0.0489. The highest BCUT2D eigenvalue weighted by molar-refractivity contribution is 5.79. The van der Waals surface area contributed by atoms with E-state index in [1.54, 1.807) is 0 Å². The Morgan fingerprint density at radius 3 is 2.57 bits per heavy atom. The van der Waals surface area contributed by atoms with Crippen LogP contribution in [0.15, 0.2) is 30.3 Å². The van der Waals surface area contributed by atoms with Crippen LogP contribution >= 0.6 is 0 Å². The molecule has 1 aromatic heterocycles. The van der Waals surface area contributed by atoms with Crippen LogP contribution in [-0.2, 0) is 31.6 Å². The number of hydrogen-bond donors (Lipinski definition) is 3. The van der Waals surface area contributed by atoms with Crippen LogP contribution in [0.25, 0.3) is 10.9 Å². The van der Waals surface area contributed by atoms with Crippen LogP contribution in [0.1, 0.15) is 11.3 Å². The largest absolute Gasteiger partial charge is 0.479 e. The van der Waals surface area contributed by atoms with E-state index in [4.69, 9.17) is 14.6 Å². The van der Waals surface area contributed by atoms with Gasteiger partial charge in [-0.3, -0.25) is 4.98 Å². The zero-order valence-electron chi connectivity index (χ0n) is 14.2. The van der Waals surface area contributed by atoms with Crippen LogP contribution in [0.5, 0.6) is 0 Å². The van der Waals surface area contributed by atoms with E-state index < -0.39 is 42.7 Å². The van der Waals surface area contributed by atoms with Gasteiger partial charge in [-0.2, -0.15) is 13.2 Å². The number of fused-ring (bicyclic) bond motifs is 1. The molecule has 4 atom stereocenters. The SMILES string of the molecule is O=C(O)C1OC(OCCc2ccc3cc(C(F)(F)F)ccc3n2)C(O)OC1O. The molecule has 0 spiro atoms. The minimum absolute atomic E-state index is 0.0489. The van der Waals surface area contributed by atoms with Gasteiger partial charge in [0.1, 0.15) is 0 Å². The summed E-state index contributed by atoms with van der Waals surface area (Å²) in [5.41, 5.74) is 0.113. The van der Waals surface area contributed by atoms with E-state index in [-0.39, 0.29) is 13.0 Å². The Hall–Kier alpha value is -2.31. The first-order valence-corrected chi connectivity index (χ1v) is 8.13. The lowest BCUT2D eigenvalue weighted by Gasteiger charge is -2.34. The van der Waals surface area contributed by atoms with Gasteiger partial charge in [0.15, 0.2) is 6.29 Å². The number of aliphatic carboxylic acids is 1. The van der Waals surface area contributed by atoms with E-state index in [9.17, 15) is 28.2 Å². The molecule has 1 aromatic carbocycles. The van der Waals surface area contributed by atoms with Crippen molar-refractivity contribution < 1.29 is 47.5 Å². The minimum Gasteiger partial charge on any atom is -0.479 e. The number of aliphatic hydroxyl groups is 2. The number of nitrogens with zero attached hydrogens (tertiary/aromatic N) is 1. The first kappa shape index (κ1) is 20.4. The van der Waals surface area contributed by atoms with E-state index in [0.717, 1.165) is 12.1 Å². The number of benzene rings is 1. The molecule has 152 valence electrons. The van der Waals surface area contributed by atoms with Crippen molar-refractivity contribution in [1.29, 1.82) is 0 Å². The predicted molar refractivity (Wildman–Crippen MR) is 85.8 cm³/mol. The minimum atomic E-state index is -4.44. The summed E-state index contributed by atoms with van der Waals surface area (Å²) in [7, 11) is 0. The maximum atomic E-state index is 12.7. The summed E-state index contributed by atoms with van der Waals surface area (Å²) in [6.07, 6.45) is -10.9. The Bertz CT molecular complexity index is 860. The third-order valence-corrected chi connectivity index (χ3v) is 4.01. The molecule has 0 amide bonds. The summed E-state index contributed by atoms with van der Waals surface area (Å²) in [5, 5.41) is 28.2. The number of carboxylic acids is 1. The number of alkyl halides is 3. The van der Waals surface area contributed by atoms with Crippen molar-refractivity contribution in [2.24, 2.45) is 0 Å². The van der Waals surface area contributed by atoms with Crippen molar-refractivity contribution >= 4 is 16.9 Å². The maximum Gasteiger partial charge on any atom is 0.416 e. The summed E-state index contributed by atoms with van der Waals surface area (Å²) < 4.78 is 53.1. The topological polar surface area (TPSA) is 118 Å². The van der Waals surface area contributed by atoms with Crippen molar-refractivity contribution in [2.45, 2.75) is 37.6 Å². The van der Waals surface area contributed by atoms with Gasteiger partial charge in [-0.05, 0) is 24.3 Å². The number of rotatable bonds is 5. The molecule has 8 nitrogen and oxygen atoms in total. The van der Waals surface area contributed by atoms with Gasteiger partial charge in [0.05, 0.1) is 17.7 Å². The van der Waals surface area contributed by atoms with E-state index in [1.165, 1.54) is 18.2 Å². The van der Waals surface area contributed by atoms with Crippen molar-refractivity contribution in [3.63, 3.8) is 0 Å². The first-order chi connectivity index (χ1) is 13.1. The molecule has 1 saturated heterocycles. The first-order valence-electron chi connectivity index (χ1n) is 8.13. The van der Waals surface area contributed by atoms with E-state index >= 15 is 0 Å². The second-order valence-corrected chi connectivity index (χ2v) is 6.01. The molecule has 0 bridgehead atoms. The van der Waals surface area contributed by atoms with Gasteiger partial charge in [0.2, 0.25) is 18.7 Å². The molecule has 3 N–H and O–H groups in total. The third kappa shape index (κ3) is 4.56. The normalized spacial score (nSPS) is 25.8. The molecule has 0 aliphatic carbocycles. The Morgan fingerprint density at radius 1 is 1.14 bits per heavy atom. The van der Waals surface area contributed by atoms with E-state index in [1.807, 2.05) is 0 Å². The van der Waals surface area contributed by atoms with Gasteiger partial charge in [0, 0.05) is 17.5 Å². The Balaban J connectivity index is 1.61. The summed E-state index contributed by atoms with van der Waals surface area (Å²) in [4.78, 5) is 15.2. The van der Waals surface area contributed by atoms with Crippen LogP contribution in [-0.4, -0.2) is 57.9 Å². The molecule has 1 fully saturated rings. The number of aliphatic hydroxyl groups excluding tert-OH is 2. The monoisotopic (exact) mass is 403 g/mol. The average molecular weight is 403 g/mol. The quantitative estimate of drug-likeness (QED) is 0.683. The molecule has 1 aliphatic rings. The molecule has 2 heterocycles. The molecule has 0 saturated carbocycles. The smallest absolute Gasteiger partial charge is 0.416 e. The Morgan fingerprint density at radius 2 is 1.89 bits per heavy atom. The summed E-state index contributed by atoms with van der Waals surface area (Å²) in [6, 6.07) is 6.24. The second-order valence-electron chi connectivity index (χ2n) is 6.01. The van der Waals surface area contributed by atoms with Crippen molar-refractivity contribution in [1.82, 2.24) is 4.98 Å². The summed E-state index contributed by atoms with van der Waals surface area (Å²) >= 11 is 0. The number of carboxylic acid groups (broad SMARTS) is 1. The molecule has 3 rings (SSSR count). The molecular formula is C17H16F3NO7. The number of aromatic nitrogens is 1. The Kier molecular flexibility index (Phi) is 5.82. The van der Waals surface area contributed by atoms with Crippen molar-refractivity contribution in [3.8, 4) is 0 Å². The number of halogens is 3. The number of hydrogen-bond acceptors (Lipinski definition) is 7. The molecule has 1 aliphatic heterocycles. The molecule has 2 aromatic rings. The van der Waals surface area contributed by atoms with Crippen LogP contribution in [0.2, 0.25) is 0 Å². The third-order valence-electron chi connectivity index (χ3n) is 4.01. The van der Waals surface area contributed by atoms with E-state index in [2.05, 4.69) is 9.72 Å². The highest BCUT2D eigenvalue weighted by Crippen LogP contribution is 2.31. The van der Waals surface area contributed by atoms with Crippen molar-refractivity contribution in [2.75, 3.05) is 6.61 Å². The van der Waals surface area contributed by atoms with Gasteiger partial charge in [-0.1, -0.05) is 6.07 Å².